The van der Waals surface area contributed by atoms with Crippen LogP contribution in [0.15, 0.2) is 35.5 Å². The second-order valence-electron chi connectivity index (χ2n) is 11.4. The Balaban J connectivity index is 1.61. The van der Waals surface area contributed by atoms with Crippen LogP contribution in [0.5, 0.6) is 0 Å². The molecule has 218 valence electrons. The van der Waals surface area contributed by atoms with E-state index in [9.17, 15) is 14.7 Å². The van der Waals surface area contributed by atoms with E-state index in [1.165, 1.54) is 16.8 Å². The molecular weight excluding hydrogens is 542 g/mol. The van der Waals surface area contributed by atoms with Crippen LogP contribution in [0.3, 0.4) is 0 Å². The maximum absolute atomic E-state index is 15.7. The van der Waals surface area contributed by atoms with E-state index in [0.717, 1.165) is 18.7 Å². The minimum Gasteiger partial charge on any atom is -0.477 e. The average Bonchev–Trinajstić information content (AvgIpc) is 3.57. The molecule has 11 heteroatoms. The smallest absolute Gasteiger partial charge is 0.341 e. The number of nitrogens with one attached hydrogen (secondary N) is 1. The van der Waals surface area contributed by atoms with Gasteiger partial charge in [0.2, 0.25) is 5.43 Å². The largest absolute Gasteiger partial charge is 0.477 e. The molecule has 0 radical (unpaired) electrons. The summed E-state index contributed by atoms with van der Waals surface area (Å²) in [5, 5.41) is 12.9. The summed E-state index contributed by atoms with van der Waals surface area (Å²) in [6.45, 7) is 4.75. The molecule has 1 unspecified atom stereocenters. The fourth-order valence-corrected chi connectivity index (χ4v) is 6.46. The van der Waals surface area contributed by atoms with E-state index in [1.807, 2.05) is 21.0 Å². The van der Waals surface area contributed by atoms with Gasteiger partial charge in [-0.3, -0.25) is 9.78 Å². The lowest BCUT2D eigenvalue weighted by Crippen LogP contribution is -2.26. The molecular formula is C31H32F2N6O3. The fraction of sp³-hybridized carbons (Fsp3) is 0.355. The van der Waals surface area contributed by atoms with E-state index < -0.39 is 23.0 Å². The van der Waals surface area contributed by atoms with Gasteiger partial charge in [0.05, 0.1) is 16.8 Å². The number of anilines is 2. The van der Waals surface area contributed by atoms with Gasteiger partial charge in [0.15, 0.2) is 11.6 Å². The third-order valence-electron chi connectivity index (χ3n) is 8.20. The van der Waals surface area contributed by atoms with E-state index in [2.05, 4.69) is 20.1 Å². The number of carbonyl (C=O) groups is 1. The second-order valence-corrected chi connectivity index (χ2v) is 11.4. The molecule has 9 nitrogen and oxygen atoms in total. The van der Waals surface area contributed by atoms with Crippen molar-refractivity contribution < 1.29 is 18.7 Å². The number of aryl methyl sites for hydroxylation is 1. The van der Waals surface area contributed by atoms with Gasteiger partial charge in [0, 0.05) is 92.2 Å². The van der Waals surface area contributed by atoms with Gasteiger partial charge in [-0.05, 0) is 45.0 Å². The van der Waals surface area contributed by atoms with Crippen molar-refractivity contribution in [1.29, 1.82) is 0 Å². The number of pyridine rings is 3. The Morgan fingerprint density at radius 3 is 2.69 bits per heavy atom. The summed E-state index contributed by atoms with van der Waals surface area (Å²) in [5.74, 6) is -2.80. The zero-order chi connectivity index (χ0) is 29.9. The van der Waals surface area contributed by atoms with Gasteiger partial charge in [-0.1, -0.05) is 0 Å². The highest BCUT2D eigenvalue weighted by Crippen LogP contribution is 2.50. The standard InChI is InChI=1S/C31H32F2N6O3/c1-5-34-23-10-22(32)27(33)25-18(23)9-24-26(25)28(39-7-6-16(14-39)13-37(2)3)20(12-35-24)17-8-19-29(40)21(31(41)42)15-38(4)30(19)36-11-17/h8,10-12,15-16,34H,5-7,9,13-14H2,1-4H3,(H,41,42). The van der Waals surface area contributed by atoms with E-state index in [4.69, 9.17) is 4.98 Å². The summed E-state index contributed by atoms with van der Waals surface area (Å²) in [5.41, 5.74) is 3.85. The fourth-order valence-electron chi connectivity index (χ4n) is 6.46. The van der Waals surface area contributed by atoms with Gasteiger partial charge in [-0.25, -0.2) is 18.6 Å². The number of fused-ring (bicyclic) bond motifs is 4. The molecule has 1 aliphatic heterocycles. The predicted octanol–water partition coefficient (Wildman–Crippen LogP) is 4.36. The summed E-state index contributed by atoms with van der Waals surface area (Å²) >= 11 is 0. The van der Waals surface area contributed by atoms with E-state index in [0.29, 0.717) is 71.3 Å². The zero-order valence-electron chi connectivity index (χ0n) is 24.0. The first-order valence-corrected chi connectivity index (χ1v) is 14.0. The second kappa shape index (κ2) is 10.5. The monoisotopic (exact) mass is 574 g/mol. The molecule has 1 aliphatic carbocycles. The number of hydrogen-bond acceptors (Lipinski definition) is 7. The van der Waals surface area contributed by atoms with Crippen LogP contribution in [0.1, 0.15) is 35.0 Å². The summed E-state index contributed by atoms with van der Waals surface area (Å²) in [4.78, 5) is 38.5. The van der Waals surface area contributed by atoms with Crippen molar-refractivity contribution in [3.8, 4) is 22.3 Å². The third-order valence-corrected chi connectivity index (χ3v) is 8.20. The Labute approximate surface area is 241 Å². The first-order valence-electron chi connectivity index (χ1n) is 14.0. The molecule has 3 aromatic heterocycles. The lowest BCUT2D eigenvalue weighted by molar-refractivity contribution is 0.0695. The summed E-state index contributed by atoms with van der Waals surface area (Å²) in [7, 11) is 5.69. The summed E-state index contributed by atoms with van der Waals surface area (Å²) in [6.07, 6.45) is 5.85. The summed E-state index contributed by atoms with van der Waals surface area (Å²) in [6, 6.07) is 2.83. The van der Waals surface area contributed by atoms with E-state index in [-0.39, 0.29) is 16.5 Å². The van der Waals surface area contributed by atoms with Crippen LogP contribution in [0.2, 0.25) is 0 Å². The van der Waals surface area contributed by atoms with Crippen LogP contribution in [-0.2, 0) is 13.5 Å². The Bertz CT molecular complexity index is 1820. The molecule has 1 fully saturated rings. The molecule has 1 saturated heterocycles. The molecule has 0 bridgehead atoms. The SMILES string of the molecule is CCNc1cc(F)c(F)c2c1Cc1ncc(-c3cnc4c(c3)c(=O)c(C(=O)O)cn4C)c(N3CCC(CN(C)C)C3)c1-2. The molecule has 4 heterocycles. The number of nitrogens with zero attached hydrogens (tertiary/aromatic N) is 5. The van der Waals surface area contributed by atoms with Crippen molar-refractivity contribution in [2.45, 2.75) is 19.8 Å². The van der Waals surface area contributed by atoms with Crippen molar-refractivity contribution in [2.24, 2.45) is 13.0 Å². The molecule has 0 spiro atoms. The molecule has 1 aromatic carbocycles. The molecule has 2 aliphatic rings. The number of carboxylic acid groups (broad SMARTS) is 1. The van der Waals surface area contributed by atoms with Crippen LogP contribution < -0.4 is 15.6 Å². The molecule has 1 atom stereocenters. The maximum Gasteiger partial charge on any atom is 0.341 e. The van der Waals surface area contributed by atoms with Crippen LogP contribution in [-0.4, -0.2) is 70.8 Å². The predicted molar refractivity (Wildman–Crippen MR) is 158 cm³/mol. The zero-order valence-corrected chi connectivity index (χ0v) is 24.0. The van der Waals surface area contributed by atoms with Crippen LogP contribution in [0.4, 0.5) is 20.2 Å². The molecule has 0 amide bonds. The first-order chi connectivity index (χ1) is 20.1. The van der Waals surface area contributed by atoms with Gasteiger partial charge in [-0.2, -0.15) is 0 Å². The van der Waals surface area contributed by atoms with Crippen LogP contribution in [0.25, 0.3) is 33.3 Å². The Hall–Kier alpha value is -4.38. The lowest BCUT2D eigenvalue weighted by atomic mass is 9.97. The normalized spacial score (nSPS) is 15.9. The molecule has 42 heavy (non-hydrogen) atoms. The van der Waals surface area contributed by atoms with Crippen molar-refractivity contribution >= 4 is 28.4 Å². The van der Waals surface area contributed by atoms with Crippen molar-refractivity contribution in [1.82, 2.24) is 19.4 Å². The topological polar surface area (TPSA) is 104 Å². The summed E-state index contributed by atoms with van der Waals surface area (Å²) < 4.78 is 32.2. The number of hydrogen-bond donors (Lipinski definition) is 2. The Morgan fingerprint density at radius 2 is 1.98 bits per heavy atom. The van der Waals surface area contributed by atoms with Crippen molar-refractivity contribution in [3.63, 3.8) is 0 Å². The number of rotatable bonds is 7. The Morgan fingerprint density at radius 1 is 1.19 bits per heavy atom. The highest BCUT2D eigenvalue weighted by Gasteiger charge is 2.36. The van der Waals surface area contributed by atoms with E-state index >= 15 is 8.78 Å². The highest BCUT2D eigenvalue weighted by molar-refractivity contribution is 5.98. The van der Waals surface area contributed by atoms with Gasteiger partial charge < -0.3 is 24.8 Å². The lowest BCUT2D eigenvalue weighted by Gasteiger charge is -2.26. The molecule has 6 rings (SSSR count). The first kappa shape index (κ1) is 27.8. The van der Waals surface area contributed by atoms with Gasteiger partial charge >= 0.3 is 5.97 Å². The maximum atomic E-state index is 15.7. The van der Waals surface area contributed by atoms with Gasteiger partial charge in [0.1, 0.15) is 11.2 Å². The number of aromatic carboxylic acids is 1. The number of carboxylic acids is 1. The quantitative estimate of drug-likeness (QED) is 0.296. The third kappa shape index (κ3) is 4.48. The average molecular weight is 575 g/mol. The highest BCUT2D eigenvalue weighted by atomic mass is 19.2. The van der Waals surface area contributed by atoms with E-state index in [1.54, 1.807) is 25.5 Å². The number of halogens is 2. The van der Waals surface area contributed by atoms with Crippen molar-refractivity contribution in [2.75, 3.05) is 50.5 Å². The van der Waals surface area contributed by atoms with Crippen molar-refractivity contribution in [3.05, 3.63) is 69.4 Å². The van der Waals surface area contributed by atoms with Gasteiger partial charge in [-0.15, -0.1) is 0 Å². The van der Waals surface area contributed by atoms with Crippen LogP contribution >= 0.6 is 0 Å². The minimum atomic E-state index is -1.32. The number of aromatic nitrogens is 3. The molecule has 4 aromatic rings. The Kier molecular flexibility index (Phi) is 6.92. The molecule has 2 N–H and O–H groups in total. The van der Waals surface area contributed by atoms with Crippen LogP contribution in [0, 0.1) is 17.6 Å². The minimum absolute atomic E-state index is 0.153. The number of benzene rings is 1. The molecule has 0 saturated carbocycles. The van der Waals surface area contributed by atoms with Gasteiger partial charge in [0.25, 0.3) is 0 Å².